The first-order valence-electron chi connectivity index (χ1n) is 8.66. The first kappa shape index (κ1) is 17.8. The Kier molecular flexibility index (Phi) is 4.55. The molecule has 2 aliphatic rings. The second-order valence-corrected chi connectivity index (χ2v) is 6.44. The van der Waals surface area contributed by atoms with Gasteiger partial charge in [-0.15, -0.1) is 5.10 Å². The van der Waals surface area contributed by atoms with Crippen LogP contribution < -0.4 is 15.4 Å². The Hall–Kier alpha value is -3.63. The largest absolute Gasteiger partial charge is 0.482 e. The van der Waals surface area contributed by atoms with Gasteiger partial charge >= 0.3 is 12.0 Å². The van der Waals surface area contributed by atoms with E-state index in [4.69, 9.17) is 4.74 Å². The zero-order chi connectivity index (χ0) is 19.7. The molecule has 3 amide bonds. The highest BCUT2D eigenvalue weighted by Crippen LogP contribution is 2.31. The number of likely N-dealkylation sites (tertiary alicyclic amines) is 1. The van der Waals surface area contributed by atoms with Crippen LogP contribution >= 0.6 is 0 Å². The first-order chi connectivity index (χ1) is 13.5. The smallest absolute Gasteiger partial charge is 0.360 e. The zero-order valence-electron chi connectivity index (χ0n) is 15.0. The third-order valence-electron chi connectivity index (χ3n) is 4.60. The molecule has 0 spiro atoms. The van der Waals surface area contributed by atoms with E-state index in [0.717, 1.165) is 0 Å². The van der Waals surface area contributed by atoms with Gasteiger partial charge in [0.2, 0.25) is 0 Å². The van der Waals surface area contributed by atoms with Crippen molar-refractivity contribution in [3.63, 3.8) is 0 Å². The minimum Gasteiger partial charge on any atom is -0.482 e. The topological polar surface area (TPSA) is 128 Å². The lowest BCUT2D eigenvalue weighted by molar-refractivity contribution is -0.118. The number of rotatable bonds is 3. The third-order valence-corrected chi connectivity index (χ3v) is 4.60. The van der Waals surface area contributed by atoms with Crippen LogP contribution in [0.1, 0.15) is 23.0 Å². The molecular formula is C17H18N6O5. The Labute approximate surface area is 159 Å². The lowest BCUT2D eigenvalue weighted by Crippen LogP contribution is -2.33. The molecule has 11 nitrogen and oxygen atoms in total. The second kappa shape index (κ2) is 7.18. The van der Waals surface area contributed by atoms with Gasteiger partial charge in [0.05, 0.1) is 25.0 Å². The van der Waals surface area contributed by atoms with Crippen LogP contribution in [0, 0.1) is 0 Å². The number of amides is 3. The quantitative estimate of drug-likeness (QED) is 0.749. The summed E-state index contributed by atoms with van der Waals surface area (Å²) in [7, 11) is 1.28. The van der Waals surface area contributed by atoms with Crippen molar-refractivity contribution in [3.8, 4) is 5.75 Å². The summed E-state index contributed by atoms with van der Waals surface area (Å²) in [5, 5.41) is 13.3. The number of nitrogens with one attached hydrogen (secondary N) is 2. The van der Waals surface area contributed by atoms with Gasteiger partial charge in [0.25, 0.3) is 5.91 Å². The lowest BCUT2D eigenvalue weighted by Gasteiger charge is -2.20. The Morgan fingerprint density at radius 2 is 2.25 bits per heavy atom. The molecule has 1 unspecified atom stereocenters. The Morgan fingerprint density at radius 3 is 3.07 bits per heavy atom. The summed E-state index contributed by atoms with van der Waals surface area (Å²) in [4.78, 5) is 37.0. The van der Waals surface area contributed by atoms with Crippen molar-refractivity contribution in [2.45, 2.75) is 12.5 Å². The Balaban J connectivity index is 1.38. The van der Waals surface area contributed by atoms with Crippen LogP contribution in [0.4, 0.5) is 16.2 Å². The maximum atomic E-state index is 12.6. The average molecular weight is 386 g/mol. The maximum Gasteiger partial charge on any atom is 0.360 e. The molecule has 3 heterocycles. The van der Waals surface area contributed by atoms with Crippen molar-refractivity contribution in [1.82, 2.24) is 19.9 Å². The molecule has 0 saturated carbocycles. The molecule has 1 fully saturated rings. The fourth-order valence-corrected chi connectivity index (χ4v) is 3.15. The molecule has 11 heteroatoms. The molecule has 4 rings (SSSR count). The molecule has 0 aliphatic carbocycles. The molecule has 1 saturated heterocycles. The number of nitrogens with zero attached hydrogens (tertiary/aromatic N) is 4. The summed E-state index contributed by atoms with van der Waals surface area (Å²) in [6.45, 7) is 0.929. The summed E-state index contributed by atoms with van der Waals surface area (Å²) < 4.78 is 11.6. The molecule has 1 atom stereocenters. The molecule has 1 aromatic heterocycles. The fourth-order valence-electron chi connectivity index (χ4n) is 3.15. The van der Waals surface area contributed by atoms with E-state index in [1.54, 1.807) is 27.8 Å². The molecular weight excluding hydrogens is 368 g/mol. The van der Waals surface area contributed by atoms with E-state index in [0.29, 0.717) is 36.6 Å². The molecule has 0 radical (unpaired) electrons. The number of methoxy groups -OCH3 is 1. The summed E-state index contributed by atoms with van der Waals surface area (Å²) >= 11 is 0. The van der Waals surface area contributed by atoms with Crippen LogP contribution in [0.5, 0.6) is 5.75 Å². The predicted octanol–water partition coefficient (Wildman–Crippen LogP) is 0.874. The van der Waals surface area contributed by atoms with E-state index in [-0.39, 0.29) is 30.3 Å². The highest BCUT2D eigenvalue weighted by molar-refractivity contribution is 5.96. The predicted molar refractivity (Wildman–Crippen MR) is 96.2 cm³/mol. The fraction of sp³-hybridized carbons (Fsp3) is 0.353. The average Bonchev–Trinajstić information content (AvgIpc) is 3.37. The molecule has 1 aromatic carbocycles. The van der Waals surface area contributed by atoms with E-state index in [9.17, 15) is 14.4 Å². The number of aromatic nitrogens is 3. The molecule has 2 aromatic rings. The van der Waals surface area contributed by atoms with E-state index < -0.39 is 5.97 Å². The number of esters is 1. The van der Waals surface area contributed by atoms with Crippen molar-refractivity contribution in [1.29, 1.82) is 0 Å². The van der Waals surface area contributed by atoms with Crippen molar-refractivity contribution in [3.05, 3.63) is 30.1 Å². The van der Waals surface area contributed by atoms with Gasteiger partial charge in [-0.2, -0.15) is 0 Å². The number of hydrogen-bond donors (Lipinski definition) is 2. The highest BCUT2D eigenvalue weighted by atomic mass is 16.5. The van der Waals surface area contributed by atoms with Gasteiger partial charge in [0.15, 0.2) is 12.3 Å². The lowest BCUT2D eigenvalue weighted by atomic mass is 10.2. The van der Waals surface area contributed by atoms with Gasteiger partial charge in [-0.1, -0.05) is 5.21 Å². The van der Waals surface area contributed by atoms with Crippen LogP contribution in [-0.2, 0) is 9.53 Å². The Bertz CT molecular complexity index is 942. The van der Waals surface area contributed by atoms with Gasteiger partial charge in [-0.25, -0.2) is 14.3 Å². The Morgan fingerprint density at radius 1 is 1.39 bits per heavy atom. The van der Waals surface area contributed by atoms with Gasteiger partial charge in [0.1, 0.15) is 5.75 Å². The van der Waals surface area contributed by atoms with Crippen molar-refractivity contribution in [2.75, 3.05) is 37.4 Å². The van der Waals surface area contributed by atoms with E-state index in [1.165, 1.54) is 13.3 Å². The highest BCUT2D eigenvalue weighted by Gasteiger charge is 2.29. The minimum atomic E-state index is -0.551. The maximum absolute atomic E-state index is 12.6. The van der Waals surface area contributed by atoms with Crippen LogP contribution in [0.25, 0.3) is 0 Å². The number of fused-ring (bicyclic) bond motifs is 1. The monoisotopic (exact) mass is 386 g/mol. The zero-order valence-corrected chi connectivity index (χ0v) is 15.0. The summed E-state index contributed by atoms with van der Waals surface area (Å²) in [5.74, 6) is -0.254. The molecule has 146 valence electrons. The number of carbonyl (C=O) groups excluding carboxylic acids is 3. The van der Waals surface area contributed by atoms with Crippen LogP contribution in [0.3, 0.4) is 0 Å². The molecule has 2 N–H and O–H groups in total. The molecule has 28 heavy (non-hydrogen) atoms. The van der Waals surface area contributed by atoms with E-state index in [1.807, 2.05) is 0 Å². The van der Waals surface area contributed by atoms with Crippen LogP contribution in [0.2, 0.25) is 0 Å². The number of anilines is 2. The SMILES string of the molecule is COC(=O)c1cn(C2CCN(C(=O)Nc3ccc4c(c3)OCC(=O)N4)C2)nn1. The van der Waals surface area contributed by atoms with Crippen LogP contribution in [0.15, 0.2) is 24.4 Å². The van der Waals surface area contributed by atoms with Gasteiger partial charge in [0, 0.05) is 24.8 Å². The number of urea groups is 1. The van der Waals surface area contributed by atoms with Crippen LogP contribution in [-0.4, -0.2) is 64.6 Å². The summed E-state index contributed by atoms with van der Waals surface area (Å²) in [6, 6.07) is 4.72. The van der Waals surface area contributed by atoms with E-state index in [2.05, 4.69) is 25.7 Å². The first-order valence-corrected chi connectivity index (χ1v) is 8.66. The van der Waals surface area contributed by atoms with Gasteiger partial charge < -0.3 is 25.0 Å². The van der Waals surface area contributed by atoms with E-state index >= 15 is 0 Å². The second-order valence-electron chi connectivity index (χ2n) is 6.44. The van der Waals surface area contributed by atoms with Gasteiger partial charge in [-0.05, 0) is 18.6 Å². The van der Waals surface area contributed by atoms with Crippen molar-refractivity contribution < 1.29 is 23.9 Å². The van der Waals surface area contributed by atoms with Gasteiger partial charge in [-0.3, -0.25) is 4.79 Å². The van der Waals surface area contributed by atoms with Crippen molar-refractivity contribution >= 4 is 29.3 Å². The number of hydrogen-bond acceptors (Lipinski definition) is 7. The normalized spacial score (nSPS) is 18.1. The number of benzene rings is 1. The number of carbonyl (C=O) groups is 3. The summed E-state index contributed by atoms with van der Waals surface area (Å²) in [5.41, 5.74) is 1.27. The third kappa shape index (κ3) is 3.46. The standard InChI is InChI=1S/C17H18N6O5/c1-27-16(25)13-8-23(21-20-13)11-4-5-22(7-11)17(26)18-10-2-3-12-14(6-10)28-9-15(24)19-12/h2-3,6,8,11H,4-5,7,9H2,1H3,(H,18,26)(H,19,24). The molecule has 0 bridgehead atoms. The number of ether oxygens (including phenoxy) is 2. The molecule has 2 aliphatic heterocycles. The van der Waals surface area contributed by atoms with Crippen molar-refractivity contribution in [2.24, 2.45) is 0 Å². The minimum absolute atomic E-state index is 0.0519. The summed E-state index contributed by atoms with van der Waals surface area (Å²) in [6.07, 6.45) is 2.21.